The Morgan fingerprint density at radius 1 is 1.32 bits per heavy atom. The van der Waals surface area contributed by atoms with E-state index in [2.05, 4.69) is 30.7 Å². The molecule has 0 bridgehead atoms. The van der Waals surface area contributed by atoms with Gasteiger partial charge in [-0.25, -0.2) is 9.97 Å². The van der Waals surface area contributed by atoms with E-state index in [9.17, 15) is 0 Å². The molecule has 0 aliphatic heterocycles. The molecule has 1 aromatic heterocycles. The van der Waals surface area contributed by atoms with Gasteiger partial charge in [0.15, 0.2) is 0 Å². The van der Waals surface area contributed by atoms with Gasteiger partial charge in [0.25, 0.3) is 0 Å². The summed E-state index contributed by atoms with van der Waals surface area (Å²) < 4.78 is 0. The highest BCUT2D eigenvalue weighted by molar-refractivity contribution is 6.29. The molecule has 0 saturated heterocycles. The first-order chi connectivity index (χ1) is 9.11. The summed E-state index contributed by atoms with van der Waals surface area (Å²) in [6.45, 7) is 7.69. The molecule has 106 valence electrons. The lowest BCUT2D eigenvalue weighted by molar-refractivity contribution is 0.617. The van der Waals surface area contributed by atoms with Crippen LogP contribution in [-0.2, 0) is 0 Å². The number of rotatable bonds is 7. The smallest absolute Gasteiger partial charge is 0.135 e. The van der Waals surface area contributed by atoms with Crippen LogP contribution in [0.15, 0.2) is 6.07 Å². The molecule has 19 heavy (non-hydrogen) atoms. The molecule has 0 radical (unpaired) electrons. The maximum atomic E-state index is 6.15. The standard InChI is InChI=1S/C15H24ClN3/c1-4-5-6-9-19(11(2)3)14-10-13(16)17-15(18-14)12-7-8-12/h10-12H,4-9H2,1-3H3. The summed E-state index contributed by atoms with van der Waals surface area (Å²) in [5.41, 5.74) is 0. The first kappa shape index (κ1) is 14.6. The Hall–Kier alpha value is -0.830. The normalized spacial score (nSPS) is 15.0. The van der Waals surface area contributed by atoms with Crippen molar-refractivity contribution in [1.29, 1.82) is 0 Å². The molecule has 0 unspecified atom stereocenters. The van der Waals surface area contributed by atoms with E-state index in [1.54, 1.807) is 0 Å². The number of unbranched alkanes of at least 4 members (excludes halogenated alkanes) is 2. The van der Waals surface area contributed by atoms with Gasteiger partial charge in [0.1, 0.15) is 16.8 Å². The van der Waals surface area contributed by atoms with Crippen LogP contribution in [0.1, 0.15) is 64.6 Å². The van der Waals surface area contributed by atoms with E-state index in [1.807, 2.05) is 6.07 Å². The predicted octanol–water partition coefficient (Wildman–Crippen LogP) is 4.41. The zero-order valence-electron chi connectivity index (χ0n) is 12.2. The Morgan fingerprint density at radius 2 is 2.05 bits per heavy atom. The summed E-state index contributed by atoms with van der Waals surface area (Å²) in [4.78, 5) is 11.4. The minimum atomic E-state index is 0.440. The van der Waals surface area contributed by atoms with Gasteiger partial charge in [-0.1, -0.05) is 31.4 Å². The van der Waals surface area contributed by atoms with Crippen LogP contribution in [-0.4, -0.2) is 22.6 Å². The maximum Gasteiger partial charge on any atom is 0.135 e. The van der Waals surface area contributed by atoms with E-state index < -0.39 is 0 Å². The van der Waals surface area contributed by atoms with Crippen LogP contribution in [0.4, 0.5) is 5.82 Å². The lowest BCUT2D eigenvalue weighted by Crippen LogP contribution is -2.32. The Balaban J connectivity index is 2.15. The molecule has 1 fully saturated rings. The number of hydrogen-bond donors (Lipinski definition) is 0. The van der Waals surface area contributed by atoms with Gasteiger partial charge in [-0.15, -0.1) is 0 Å². The second-order valence-corrected chi connectivity index (χ2v) is 6.06. The second-order valence-electron chi connectivity index (χ2n) is 5.68. The van der Waals surface area contributed by atoms with Crippen LogP contribution in [0.25, 0.3) is 0 Å². The number of anilines is 1. The van der Waals surface area contributed by atoms with Crippen molar-refractivity contribution in [3.63, 3.8) is 0 Å². The Morgan fingerprint density at radius 3 is 2.63 bits per heavy atom. The number of halogens is 1. The van der Waals surface area contributed by atoms with Crippen molar-refractivity contribution >= 4 is 17.4 Å². The summed E-state index contributed by atoms with van der Waals surface area (Å²) in [5.74, 6) is 2.47. The predicted molar refractivity (Wildman–Crippen MR) is 81.0 cm³/mol. The lowest BCUT2D eigenvalue weighted by Gasteiger charge is -2.28. The number of nitrogens with zero attached hydrogens (tertiary/aromatic N) is 3. The van der Waals surface area contributed by atoms with Crippen LogP contribution < -0.4 is 4.90 Å². The number of hydrogen-bond acceptors (Lipinski definition) is 3. The maximum absolute atomic E-state index is 6.15. The van der Waals surface area contributed by atoms with Crippen molar-refractivity contribution in [1.82, 2.24) is 9.97 Å². The second kappa shape index (κ2) is 6.56. The van der Waals surface area contributed by atoms with Crippen LogP contribution >= 0.6 is 11.6 Å². The van der Waals surface area contributed by atoms with Gasteiger partial charge >= 0.3 is 0 Å². The van der Waals surface area contributed by atoms with Crippen molar-refractivity contribution < 1.29 is 0 Å². The molecule has 1 aromatic rings. The van der Waals surface area contributed by atoms with E-state index in [4.69, 9.17) is 16.6 Å². The third-order valence-corrected chi connectivity index (χ3v) is 3.75. The average molecular weight is 282 g/mol. The topological polar surface area (TPSA) is 29.0 Å². The van der Waals surface area contributed by atoms with Crippen LogP contribution in [0.5, 0.6) is 0 Å². The van der Waals surface area contributed by atoms with E-state index in [1.165, 1.54) is 32.1 Å². The van der Waals surface area contributed by atoms with E-state index >= 15 is 0 Å². The van der Waals surface area contributed by atoms with Gasteiger partial charge < -0.3 is 4.90 Å². The summed E-state index contributed by atoms with van der Waals surface area (Å²) in [6.07, 6.45) is 6.12. The zero-order chi connectivity index (χ0) is 13.8. The minimum absolute atomic E-state index is 0.440. The highest BCUT2D eigenvalue weighted by atomic mass is 35.5. The van der Waals surface area contributed by atoms with Gasteiger partial charge in [0.2, 0.25) is 0 Å². The average Bonchev–Trinajstić information content (AvgIpc) is 3.17. The zero-order valence-corrected chi connectivity index (χ0v) is 13.0. The molecule has 1 aliphatic rings. The summed E-state index contributed by atoms with van der Waals surface area (Å²) >= 11 is 6.15. The molecule has 0 spiro atoms. The van der Waals surface area contributed by atoms with Gasteiger partial charge in [-0.2, -0.15) is 0 Å². The molecule has 0 atom stereocenters. The van der Waals surface area contributed by atoms with Crippen molar-refractivity contribution in [2.75, 3.05) is 11.4 Å². The molecular formula is C15H24ClN3. The van der Waals surface area contributed by atoms with Crippen molar-refractivity contribution in [2.24, 2.45) is 0 Å². The molecule has 0 amide bonds. The minimum Gasteiger partial charge on any atom is -0.354 e. The monoisotopic (exact) mass is 281 g/mol. The van der Waals surface area contributed by atoms with Crippen molar-refractivity contribution in [3.8, 4) is 0 Å². The molecule has 0 aromatic carbocycles. The first-order valence-electron chi connectivity index (χ1n) is 7.43. The lowest BCUT2D eigenvalue weighted by atomic mass is 10.2. The fourth-order valence-electron chi connectivity index (χ4n) is 2.26. The van der Waals surface area contributed by atoms with E-state index in [0.717, 1.165) is 18.2 Å². The third kappa shape index (κ3) is 4.07. The molecule has 1 heterocycles. The van der Waals surface area contributed by atoms with Gasteiger partial charge in [-0.3, -0.25) is 0 Å². The largest absolute Gasteiger partial charge is 0.354 e. The van der Waals surface area contributed by atoms with Crippen LogP contribution in [0.2, 0.25) is 5.15 Å². The SMILES string of the molecule is CCCCCN(c1cc(Cl)nc(C2CC2)n1)C(C)C. The summed E-state index contributed by atoms with van der Waals surface area (Å²) in [6, 6.07) is 2.34. The number of aromatic nitrogens is 2. The fraction of sp³-hybridized carbons (Fsp3) is 0.733. The summed E-state index contributed by atoms with van der Waals surface area (Å²) in [5, 5.41) is 0.577. The molecule has 0 N–H and O–H groups in total. The first-order valence-corrected chi connectivity index (χ1v) is 7.80. The highest BCUT2D eigenvalue weighted by Crippen LogP contribution is 2.39. The Labute approximate surface area is 121 Å². The highest BCUT2D eigenvalue weighted by Gasteiger charge is 2.28. The Bertz CT molecular complexity index is 416. The quantitative estimate of drug-likeness (QED) is 0.547. The molecular weight excluding hydrogens is 258 g/mol. The van der Waals surface area contributed by atoms with Crippen molar-refractivity contribution in [3.05, 3.63) is 17.0 Å². The van der Waals surface area contributed by atoms with Gasteiger partial charge in [-0.05, 0) is 33.1 Å². The summed E-state index contributed by atoms with van der Waals surface area (Å²) in [7, 11) is 0. The third-order valence-electron chi connectivity index (χ3n) is 3.56. The van der Waals surface area contributed by atoms with Crippen LogP contribution in [0, 0.1) is 0 Å². The fourth-order valence-corrected chi connectivity index (χ4v) is 2.45. The van der Waals surface area contributed by atoms with Gasteiger partial charge in [0.05, 0.1) is 0 Å². The van der Waals surface area contributed by atoms with Gasteiger partial charge in [0, 0.05) is 24.6 Å². The van der Waals surface area contributed by atoms with Crippen molar-refractivity contribution in [2.45, 2.75) is 64.8 Å². The molecule has 3 nitrogen and oxygen atoms in total. The Kier molecular flexibility index (Phi) is 5.03. The van der Waals surface area contributed by atoms with Crippen LogP contribution in [0.3, 0.4) is 0 Å². The van der Waals surface area contributed by atoms with E-state index in [-0.39, 0.29) is 0 Å². The molecule has 1 aliphatic carbocycles. The molecule has 2 rings (SSSR count). The van der Waals surface area contributed by atoms with E-state index in [0.29, 0.717) is 17.1 Å². The molecule has 4 heteroatoms. The molecule has 1 saturated carbocycles.